The molecular formula is C17H19ClS2. The third-order valence-electron chi connectivity index (χ3n) is 2.64. The lowest BCUT2D eigenvalue weighted by molar-refractivity contribution is 0.788. The van der Waals surface area contributed by atoms with E-state index in [0.29, 0.717) is 5.03 Å². The van der Waals surface area contributed by atoms with Crippen LogP contribution in [0, 0.1) is 0 Å². The lowest BCUT2D eigenvalue weighted by Gasteiger charge is -2.24. The second kappa shape index (κ2) is 8.46. The molecule has 0 aliphatic carbocycles. The van der Waals surface area contributed by atoms with Gasteiger partial charge in [-0.3, -0.25) is 0 Å². The van der Waals surface area contributed by atoms with Crippen LogP contribution < -0.4 is 0 Å². The van der Waals surface area contributed by atoms with Crippen molar-refractivity contribution in [3.05, 3.63) is 71.3 Å². The highest BCUT2D eigenvalue weighted by molar-refractivity contribution is 8.24. The van der Waals surface area contributed by atoms with Gasteiger partial charge in [0.2, 0.25) is 0 Å². The van der Waals surface area contributed by atoms with Crippen molar-refractivity contribution in [2.45, 2.75) is 25.5 Å². The van der Waals surface area contributed by atoms with E-state index < -0.39 is 0 Å². The molecular weight excluding hydrogens is 304 g/mol. The van der Waals surface area contributed by atoms with Gasteiger partial charge >= 0.3 is 0 Å². The van der Waals surface area contributed by atoms with Crippen molar-refractivity contribution < 1.29 is 0 Å². The van der Waals surface area contributed by atoms with Crippen LogP contribution in [0.5, 0.6) is 0 Å². The van der Waals surface area contributed by atoms with Gasteiger partial charge in [-0.2, -0.15) is 0 Å². The Morgan fingerprint density at radius 1 is 1.20 bits per heavy atom. The van der Waals surface area contributed by atoms with E-state index in [0.717, 1.165) is 4.20 Å². The minimum Gasteiger partial charge on any atom is -0.104 e. The van der Waals surface area contributed by atoms with Crippen LogP contribution in [0.2, 0.25) is 0 Å². The summed E-state index contributed by atoms with van der Waals surface area (Å²) in [5, 5.41) is 0.693. The molecule has 0 amide bonds. The van der Waals surface area contributed by atoms with E-state index in [1.807, 2.05) is 43.4 Å². The smallest absolute Gasteiger partial charge is 0.0714 e. The standard InChI is InChI=1S/C17H19ClS2/c1-4-9-15(18)12-8-13-16(19)20-17(2,3)14-10-6-5-7-11-14/h4-13H,1-3H3/b9-4-,13-8+,15-12+. The van der Waals surface area contributed by atoms with Gasteiger partial charge < -0.3 is 0 Å². The molecule has 0 heterocycles. The van der Waals surface area contributed by atoms with Crippen LogP contribution in [0.15, 0.2) is 65.7 Å². The van der Waals surface area contributed by atoms with Crippen LogP contribution >= 0.6 is 35.6 Å². The highest BCUT2D eigenvalue weighted by Crippen LogP contribution is 2.36. The molecule has 0 aromatic heterocycles. The highest BCUT2D eigenvalue weighted by atomic mass is 35.5. The minimum atomic E-state index is -0.0421. The minimum absolute atomic E-state index is 0.0421. The summed E-state index contributed by atoms with van der Waals surface area (Å²) >= 11 is 13.0. The third-order valence-corrected chi connectivity index (χ3v) is 4.36. The van der Waals surface area contributed by atoms with E-state index in [1.165, 1.54) is 5.56 Å². The molecule has 1 aromatic carbocycles. The molecule has 0 unspecified atom stereocenters. The molecule has 0 saturated heterocycles. The maximum Gasteiger partial charge on any atom is 0.0714 e. The van der Waals surface area contributed by atoms with Gasteiger partial charge in [0.05, 0.1) is 4.20 Å². The molecule has 1 aromatic rings. The number of benzene rings is 1. The molecule has 106 valence electrons. The second-order valence-corrected chi connectivity index (χ2v) is 7.51. The summed E-state index contributed by atoms with van der Waals surface area (Å²) in [4.78, 5) is 0. The number of halogens is 1. The quantitative estimate of drug-likeness (QED) is 0.357. The van der Waals surface area contributed by atoms with E-state index in [2.05, 4.69) is 38.1 Å². The van der Waals surface area contributed by atoms with Crippen LogP contribution in [-0.4, -0.2) is 4.20 Å². The normalized spacial score (nSPS) is 13.3. The summed E-state index contributed by atoms with van der Waals surface area (Å²) < 4.78 is 0.805. The number of thiocarbonyl (C=S) groups is 1. The first-order valence-electron chi connectivity index (χ1n) is 6.41. The maximum atomic E-state index is 5.97. The number of hydrogen-bond acceptors (Lipinski definition) is 2. The largest absolute Gasteiger partial charge is 0.104 e. The van der Waals surface area contributed by atoms with Crippen molar-refractivity contribution >= 4 is 39.8 Å². The van der Waals surface area contributed by atoms with Crippen LogP contribution in [0.4, 0.5) is 0 Å². The third kappa shape index (κ3) is 6.08. The van der Waals surface area contributed by atoms with Crippen LogP contribution in [-0.2, 0) is 4.75 Å². The molecule has 0 spiro atoms. The Hall–Kier alpha value is -0.830. The molecule has 0 radical (unpaired) electrons. The van der Waals surface area contributed by atoms with Gasteiger partial charge in [-0.05, 0) is 44.6 Å². The zero-order valence-electron chi connectivity index (χ0n) is 12.0. The van der Waals surface area contributed by atoms with Gasteiger partial charge in [-0.1, -0.05) is 66.3 Å². The Labute approximate surface area is 136 Å². The molecule has 1 rings (SSSR count). The van der Waals surface area contributed by atoms with Gasteiger partial charge in [-0.25, -0.2) is 0 Å². The summed E-state index contributed by atoms with van der Waals surface area (Å²) in [5.74, 6) is 0. The van der Waals surface area contributed by atoms with Gasteiger partial charge in [0.25, 0.3) is 0 Å². The molecule has 0 aliphatic heterocycles. The first-order chi connectivity index (χ1) is 9.45. The van der Waals surface area contributed by atoms with Crippen molar-refractivity contribution in [3.63, 3.8) is 0 Å². The predicted octanol–water partition coefficient (Wildman–Crippen LogP) is 6.24. The number of hydrogen-bond donors (Lipinski definition) is 0. The fourth-order valence-corrected chi connectivity index (χ4v) is 3.42. The van der Waals surface area contributed by atoms with Gasteiger partial charge in [0.15, 0.2) is 0 Å². The van der Waals surface area contributed by atoms with E-state index in [9.17, 15) is 0 Å². The summed E-state index contributed by atoms with van der Waals surface area (Å²) in [6.45, 7) is 6.29. The highest BCUT2D eigenvalue weighted by Gasteiger charge is 2.21. The van der Waals surface area contributed by atoms with Crippen molar-refractivity contribution in [2.75, 3.05) is 0 Å². The van der Waals surface area contributed by atoms with E-state index in [4.69, 9.17) is 23.8 Å². The van der Waals surface area contributed by atoms with Crippen LogP contribution in [0.1, 0.15) is 26.3 Å². The Morgan fingerprint density at radius 2 is 1.85 bits per heavy atom. The van der Waals surface area contributed by atoms with Crippen molar-refractivity contribution in [1.82, 2.24) is 0 Å². The Kier molecular flexibility index (Phi) is 7.28. The molecule has 0 N–H and O–H groups in total. The lowest BCUT2D eigenvalue weighted by atomic mass is 10.0. The number of rotatable bonds is 5. The average molecular weight is 323 g/mol. The zero-order valence-corrected chi connectivity index (χ0v) is 14.4. The topological polar surface area (TPSA) is 0 Å². The molecule has 0 aliphatic rings. The summed E-state index contributed by atoms with van der Waals surface area (Å²) in [7, 11) is 0. The SMILES string of the molecule is C\C=C/C(Cl)=C\C=C\C(=S)SC(C)(C)c1ccccc1. The number of thioether (sulfide) groups is 1. The zero-order chi connectivity index (χ0) is 15.0. The Balaban J connectivity index is 2.67. The maximum absolute atomic E-state index is 5.97. The van der Waals surface area contributed by atoms with Gasteiger partial charge in [-0.15, -0.1) is 11.8 Å². The first kappa shape index (κ1) is 17.2. The van der Waals surface area contributed by atoms with Crippen molar-refractivity contribution in [2.24, 2.45) is 0 Å². The predicted molar refractivity (Wildman–Crippen MR) is 97.5 cm³/mol. The lowest BCUT2D eigenvalue weighted by Crippen LogP contribution is -2.13. The van der Waals surface area contributed by atoms with Crippen molar-refractivity contribution in [1.29, 1.82) is 0 Å². The van der Waals surface area contributed by atoms with Crippen LogP contribution in [0.3, 0.4) is 0 Å². The fraction of sp³-hybridized carbons (Fsp3) is 0.235. The molecule has 0 bridgehead atoms. The monoisotopic (exact) mass is 322 g/mol. The Bertz CT molecular complexity index is 525. The molecule has 0 fully saturated rings. The summed E-state index contributed by atoms with van der Waals surface area (Å²) in [6, 6.07) is 10.4. The molecule has 20 heavy (non-hydrogen) atoms. The molecule has 0 atom stereocenters. The first-order valence-corrected chi connectivity index (χ1v) is 8.01. The fourth-order valence-electron chi connectivity index (χ4n) is 1.62. The molecule has 0 nitrogen and oxygen atoms in total. The van der Waals surface area contributed by atoms with E-state index >= 15 is 0 Å². The van der Waals surface area contributed by atoms with E-state index in [-0.39, 0.29) is 4.75 Å². The summed E-state index contributed by atoms with van der Waals surface area (Å²) in [5.41, 5.74) is 1.27. The van der Waals surface area contributed by atoms with Gasteiger partial charge in [0, 0.05) is 9.78 Å². The molecule has 3 heteroatoms. The second-order valence-electron chi connectivity index (χ2n) is 4.71. The molecule has 0 saturated carbocycles. The van der Waals surface area contributed by atoms with Crippen LogP contribution in [0.25, 0.3) is 0 Å². The number of allylic oxidation sites excluding steroid dienone is 5. The summed E-state index contributed by atoms with van der Waals surface area (Å²) in [6.07, 6.45) is 9.38. The van der Waals surface area contributed by atoms with Crippen molar-refractivity contribution in [3.8, 4) is 0 Å². The van der Waals surface area contributed by atoms with E-state index in [1.54, 1.807) is 11.8 Å². The average Bonchev–Trinajstić information content (AvgIpc) is 2.39. The Morgan fingerprint density at radius 3 is 2.45 bits per heavy atom. The van der Waals surface area contributed by atoms with Gasteiger partial charge in [0.1, 0.15) is 0 Å².